The average molecular weight is 634 g/mol. The SMILES string of the molecule is C/C=C/c1ccc2c(c1)C(C)(C)c1cc(-c3ccc4c(c3)C(C)(N)c3cc(-c5ccc6c(c5)C(C)(C)c5cc(C)ccc5-6)ccc3-4)ccc1-2. The summed E-state index contributed by atoms with van der Waals surface area (Å²) in [6.45, 7) is 15.9. The maximum absolute atomic E-state index is 7.32. The van der Waals surface area contributed by atoms with Crippen LogP contribution < -0.4 is 5.73 Å². The van der Waals surface area contributed by atoms with E-state index in [1.54, 1.807) is 0 Å². The van der Waals surface area contributed by atoms with Gasteiger partial charge in [0.05, 0.1) is 5.54 Å². The van der Waals surface area contributed by atoms with Gasteiger partial charge in [-0.2, -0.15) is 0 Å². The van der Waals surface area contributed by atoms with E-state index in [-0.39, 0.29) is 10.8 Å². The lowest BCUT2D eigenvalue weighted by Crippen LogP contribution is -2.31. The fraction of sp³-hybridized carbons (Fsp3) is 0.208. The quantitative estimate of drug-likeness (QED) is 0.206. The van der Waals surface area contributed by atoms with Crippen LogP contribution in [0.25, 0.3) is 61.7 Å². The van der Waals surface area contributed by atoms with E-state index in [9.17, 15) is 0 Å². The Morgan fingerprint density at radius 1 is 0.429 bits per heavy atom. The molecule has 0 heterocycles. The van der Waals surface area contributed by atoms with Gasteiger partial charge >= 0.3 is 0 Å². The second-order valence-corrected chi connectivity index (χ2v) is 15.8. The smallest absolute Gasteiger partial charge is 0.0649 e. The molecule has 0 spiro atoms. The topological polar surface area (TPSA) is 26.0 Å². The van der Waals surface area contributed by atoms with E-state index in [4.69, 9.17) is 5.73 Å². The predicted molar refractivity (Wildman–Crippen MR) is 208 cm³/mol. The molecule has 0 aromatic heterocycles. The van der Waals surface area contributed by atoms with Crippen molar-refractivity contribution in [2.24, 2.45) is 5.73 Å². The van der Waals surface area contributed by atoms with Gasteiger partial charge in [-0.1, -0.05) is 130 Å². The Bertz CT molecular complexity index is 2430. The molecule has 0 saturated heterocycles. The third-order valence-electron chi connectivity index (χ3n) is 12.0. The molecule has 0 fully saturated rings. The van der Waals surface area contributed by atoms with E-state index in [0.717, 1.165) is 0 Å². The first-order chi connectivity index (χ1) is 23.4. The maximum Gasteiger partial charge on any atom is 0.0649 e. The van der Waals surface area contributed by atoms with Crippen LogP contribution in [0.5, 0.6) is 0 Å². The lowest BCUT2D eigenvalue weighted by Gasteiger charge is -2.24. The number of rotatable bonds is 3. The number of aryl methyl sites for hydroxylation is 1. The van der Waals surface area contributed by atoms with Gasteiger partial charge in [-0.3, -0.25) is 0 Å². The summed E-state index contributed by atoms with van der Waals surface area (Å²) in [5, 5.41) is 0. The van der Waals surface area contributed by atoms with Crippen LogP contribution in [0.2, 0.25) is 0 Å². The molecular formula is C48H43N. The summed E-state index contributed by atoms with van der Waals surface area (Å²) in [4.78, 5) is 0. The van der Waals surface area contributed by atoms with Crippen LogP contribution in [-0.4, -0.2) is 0 Å². The number of allylic oxidation sites excluding steroid dienone is 1. The fourth-order valence-electron chi connectivity index (χ4n) is 9.18. The van der Waals surface area contributed by atoms with Gasteiger partial charge in [0, 0.05) is 10.8 Å². The molecule has 3 aliphatic carbocycles. The standard InChI is InChI=1S/C48H43N/c1-8-9-29-11-17-35-37-19-13-31(25-43(37)47(5,6)41(35)23-29)33-15-21-39-38-20-14-32(26-44(38)48(7,49)45(39)27-33)30-12-18-36-34-16-10-28(2)22-40(34)46(3,4)42(36)24-30/h8-27H,49H2,1-7H3/b9-8+. The Morgan fingerprint density at radius 2 is 0.776 bits per heavy atom. The van der Waals surface area contributed by atoms with Crippen LogP contribution in [0.1, 0.15) is 86.1 Å². The first-order valence-corrected chi connectivity index (χ1v) is 17.7. The van der Waals surface area contributed by atoms with Gasteiger partial charge in [0.25, 0.3) is 0 Å². The normalized spacial score (nSPS) is 18.5. The molecule has 9 rings (SSSR count). The molecule has 1 heteroatoms. The van der Waals surface area contributed by atoms with E-state index >= 15 is 0 Å². The molecule has 240 valence electrons. The van der Waals surface area contributed by atoms with Crippen molar-refractivity contribution >= 4 is 6.08 Å². The minimum Gasteiger partial charge on any atom is -0.318 e. The summed E-state index contributed by atoms with van der Waals surface area (Å²) in [7, 11) is 0. The number of nitrogens with two attached hydrogens (primary N) is 1. The van der Waals surface area contributed by atoms with Crippen molar-refractivity contribution in [3.05, 3.63) is 160 Å². The Balaban J connectivity index is 1.07. The maximum atomic E-state index is 7.32. The van der Waals surface area contributed by atoms with Crippen molar-refractivity contribution in [3.8, 4) is 55.6 Å². The number of hydrogen-bond donors (Lipinski definition) is 1. The van der Waals surface area contributed by atoms with Crippen LogP contribution in [0.15, 0.2) is 115 Å². The minimum absolute atomic E-state index is 0.0384. The molecule has 49 heavy (non-hydrogen) atoms. The molecule has 0 amide bonds. The lowest BCUT2D eigenvalue weighted by molar-refractivity contribution is 0.621. The molecule has 6 aromatic rings. The summed E-state index contributed by atoms with van der Waals surface area (Å²) < 4.78 is 0. The highest BCUT2D eigenvalue weighted by Crippen LogP contribution is 2.53. The zero-order chi connectivity index (χ0) is 34.0. The summed E-state index contributed by atoms with van der Waals surface area (Å²) in [5.74, 6) is 0. The van der Waals surface area contributed by atoms with Crippen molar-refractivity contribution in [3.63, 3.8) is 0 Å². The van der Waals surface area contributed by atoms with Gasteiger partial charge in [0.2, 0.25) is 0 Å². The largest absolute Gasteiger partial charge is 0.318 e. The van der Waals surface area contributed by atoms with Gasteiger partial charge in [-0.05, 0) is 140 Å². The van der Waals surface area contributed by atoms with Crippen LogP contribution in [0, 0.1) is 6.92 Å². The first kappa shape index (κ1) is 30.1. The third kappa shape index (κ3) is 4.15. The zero-order valence-corrected chi connectivity index (χ0v) is 29.6. The van der Waals surface area contributed by atoms with Crippen molar-refractivity contribution < 1.29 is 0 Å². The van der Waals surface area contributed by atoms with Crippen LogP contribution in [0.3, 0.4) is 0 Å². The molecule has 2 N–H and O–H groups in total. The predicted octanol–water partition coefficient (Wildman–Crippen LogP) is 12.2. The molecule has 1 atom stereocenters. The summed E-state index contributed by atoms with van der Waals surface area (Å²) in [6.07, 6.45) is 4.30. The molecule has 0 saturated carbocycles. The average Bonchev–Trinajstić information content (AvgIpc) is 3.56. The summed E-state index contributed by atoms with van der Waals surface area (Å²) in [6, 6.07) is 41.6. The van der Waals surface area contributed by atoms with Gasteiger partial charge in [-0.25, -0.2) is 0 Å². The Labute approximate surface area is 291 Å². The van der Waals surface area contributed by atoms with E-state index in [1.165, 1.54) is 100 Å². The molecule has 3 aliphatic rings. The second-order valence-electron chi connectivity index (χ2n) is 15.8. The second kappa shape index (κ2) is 10.0. The molecular weight excluding hydrogens is 591 g/mol. The van der Waals surface area contributed by atoms with Gasteiger partial charge < -0.3 is 5.73 Å². The monoisotopic (exact) mass is 633 g/mol. The van der Waals surface area contributed by atoms with E-state index in [0.29, 0.717) is 0 Å². The van der Waals surface area contributed by atoms with Crippen molar-refractivity contribution in [2.45, 2.75) is 64.8 Å². The summed E-state index contributed by atoms with van der Waals surface area (Å²) >= 11 is 0. The Hall–Kier alpha value is -4.98. The summed E-state index contributed by atoms with van der Waals surface area (Å²) in [5.41, 5.74) is 30.0. The number of benzene rings is 6. The third-order valence-corrected chi connectivity index (χ3v) is 12.0. The van der Waals surface area contributed by atoms with Crippen LogP contribution in [0.4, 0.5) is 0 Å². The van der Waals surface area contributed by atoms with E-state index in [2.05, 4.69) is 170 Å². The van der Waals surface area contributed by atoms with Gasteiger partial charge in [-0.15, -0.1) is 0 Å². The number of hydrogen-bond acceptors (Lipinski definition) is 1. The fourth-order valence-corrected chi connectivity index (χ4v) is 9.18. The van der Waals surface area contributed by atoms with Crippen molar-refractivity contribution in [2.75, 3.05) is 0 Å². The van der Waals surface area contributed by atoms with E-state index in [1.807, 2.05) is 0 Å². The molecule has 0 radical (unpaired) electrons. The molecule has 1 unspecified atom stereocenters. The van der Waals surface area contributed by atoms with Gasteiger partial charge in [0.1, 0.15) is 0 Å². The first-order valence-electron chi connectivity index (χ1n) is 17.7. The van der Waals surface area contributed by atoms with Gasteiger partial charge in [0.15, 0.2) is 0 Å². The number of fused-ring (bicyclic) bond motifs is 9. The molecule has 0 bridgehead atoms. The molecule has 0 aliphatic heterocycles. The van der Waals surface area contributed by atoms with Crippen molar-refractivity contribution in [1.82, 2.24) is 0 Å². The van der Waals surface area contributed by atoms with Crippen molar-refractivity contribution in [1.29, 1.82) is 0 Å². The molecule has 6 aromatic carbocycles. The Morgan fingerprint density at radius 3 is 1.22 bits per heavy atom. The lowest BCUT2D eigenvalue weighted by atomic mass is 9.81. The highest BCUT2D eigenvalue weighted by atomic mass is 14.7. The molecule has 1 nitrogen and oxygen atoms in total. The van der Waals surface area contributed by atoms with Crippen LogP contribution in [-0.2, 0) is 16.4 Å². The Kier molecular flexibility index (Phi) is 6.16. The van der Waals surface area contributed by atoms with Crippen LogP contribution >= 0.6 is 0 Å². The highest BCUT2D eigenvalue weighted by Gasteiger charge is 2.39. The van der Waals surface area contributed by atoms with E-state index < -0.39 is 5.54 Å². The highest BCUT2D eigenvalue weighted by molar-refractivity contribution is 5.89. The zero-order valence-electron chi connectivity index (χ0n) is 29.6. The minimum atomic E-state index is -0.601.